The molecule has 3 rings (SSSR count). The number of benzene rings is 3. The normalized spacial score (nSPS) is 10.6. The fourth-order valence-electron chi connectivity index (χ4n) is 2.43. The number of anilines is 2. The largest absolute Gasteiger partial charge is 0.495 e. The lowest BCUT2D eigenvalue weighted by Gasteiger charge is -2.15. The van der Waals surface area contributed by atoms with Gasteiger partial charge in [-0.1, -0.05) is 36.4 Å². The van der Waals surface area contributed by atoms with Crippen LogP contribution in [0.2, 0.25) is 0 Å². The first-order chi connectivity index (χ1) is 13.6. The molecule has 9 heteroatoms. The number of nitrogen functional groups attached to an aromatic ring is 1. The highest BCUT2D eigenvalue weighted by atomic mass is 19.4. The van der Waals surface area contributed by atoms with Gasteiger partial charge in [0.25, 0.3) is 0 Å². The van der Waals surface area contributed by atoms with E-state index < -0.39 is 12.1 Å². The number of halogens is 3. The molecule has 0 spiro atoms. The van der Waals surface area contributed by atoms with Crippen LogP contribution in [-0.4, -0.2) is 30.2 Å². The molecule has 0 radical (unpaired) electrons. The number of hydrogen-bond acceptors (Lipinski definition) is 4. The molecule has 0 aliphatic heterocycles. The summed E-state index contributed by atoms with van der Waals surface area (Å²) in [5, 5.41) is 20.2. The monoisotopic (exact) mass is 405 g/mol. The van der Waals surface area contributed by atoms with E-state index in [1.807, 2.05) is 60.7 Å². The van der Waals surface area contributed by atoms with E-state index in [0.29, 0.717) is 5.56 Å². The van der Waals surface area contributed by atoms with Gasteiger partial charge in [0, 0.05) is 16.6 Å². The Balaban J connectivity index is 0.000000370. The molecule has 0 heterocycles. The maximum atomic E-state index is 10.6. The molecule has 5 N–H and O–H groups in total. The van der Waals surface area contributed by atoms with E-state index in [-0.39, 0.29) is 5.84 Å². The molecule has 0 aromatic heterocycles. The van der Waals surface area contributed by atoms with Gasteiger partial charge in [-0.2, -0.15) is 13.2 Å². The van der Waals surface area contributed by atoms with Crippen LogP contribution < -0.4 is 15.8 Å². The molecule has 0 fully saturated rings. The number of aliphatic carboxylic acids is 1. The average Bonchev–Trinajstić information content (AvgIpc) is 2.68. The molecule has 6 nitrogen and oxygen atoms in total. The second-order valence-electron chi connectivity index (χ2n) is 5.79. The quantitative estimate of drug-likeness (QED) is 0.377. The van der Waals surface area contributed by atoms with Crippen molar-refractivity contribution in [1.82, 2.24) is 0 Å². The van der Waals surface area contributed by atoms with Crippen LogP contribution in [-0.2, 0) is 4.79 Å². The van der Waals surface area contributed by atoms with Crippen LogP contribution in [0.15, 0.2) is 60.7 Å². The molecule has 152 valence electrons. The number of rotatable bonds is 4. The molecule has 0 aliphatic carbocycles. The van der Waals surface area contributed by atoms with E-state index in [9.17, 15) is 13.2 Å². The van der Waals surface area contributed by atoms with Crippen molar-refractivity contribution in [1.29, 1.82) is 5.41 Å². The summed E-state index contributed by atoms with van der Waals surface area (Å²) in [6, 6.07) is 19.5. The Morgan fingerprint density at radius 2 is 1.69 bits per heavy atom. The Hall–Kier alpha value is -3.75. The third-order valence-corrected chi connectivity index (χ3v) is 3.80. The van der Waals surface area contributed by atoms with Gasteiger partial charge in [-0.25, -0.2) is 4.79 Å². The summed E-state index contributed by atoms with van der Waals surface area (Å²) in [7, 11) is 1.65. The van der Waals surface area contributed by atoms with Crippen molar-refractivity contribution in [2.45, 2.75) is 6.18 Å². The van der Waals surface area contributed by atoms with Crippen LogP contribution >= 0.6 is 0 Å². The summed E-state index contributed by atoms with van der Waals surface area (Å²) in [4.78, 5) is 8.90. The van der Waals surface area contributed by atoms with E-state index in [2.05, 4.69) is 5.32 Å². The molecule has 0 atom stereocenters. The van der Waals surface area contributed by atoms with E-state index in [1.165, 1.54) is 0 Å². The maximum Gasteiger partial charge on any atom is 0.490 e. The number of carboxylic acid groups (broad SMARTS) is 1. The topological polar surface area (TPSA) is 108 Å². The second-order valence-corrected chi connectivity index (χ2v) is 5.79. The van der Waals surface area contributed by atoms with E-state index in [0.717, 1.165) is 27.9 Å². The Morgan fingerprint density at radius 1 is 1.10 bits per heavy atom. The SMILES string of the molecule is COc1ccc2ccc(C(=N)N)cc2c1Nc1ccccc1.O=C(O)C(F)(F)F. The Labute approximate surface area is 164 Å². The molecule has 0 saturated carbocycles. The number of fused-ring (bicyclic) bond motifs is 1. The number of ether oxygens (including phenoxy) is 1. The first-order valence-electron chi connectivity index (χ1n) is 8.21. The van der Waals surface area contributed by atoms with Crippen LogP contribution in [0.25, 0.3) is 10.8 Å². The van der Waals surface area contributed by atoms with Crippen molar-refractivity contribution in [2.24, 2.45) is 5.73 Å². The number of para-hydroxylation sites is 1. The summed E-state index contributed by atoms with van der Waals surface area (Å²) in [5.74, 6) is -1.96. The van der Waals surface area contributed by atoms with Crippen molar-refractivity contribution in [2.75, 3.05) is 12.4 Å². The fraction of sp³-hybridized carbons (Fsp3) is 0.100. The minimum Gasteiger partial charge on any atom is -0.495 e. The molecule has 0 bridgehead atoms. The Kier molecular flexibility index (Phi) is 6.66. The summed E-state index contributed by atoms with van der Waals surface area (Å²) in [6.07, 6.45) is -5.08. The molecule has 0 saturated heterocycles. The van der Waals surface area contributed by atoms with Crippen LogP contribution in [0, 0.1) is 5.41 Å². The predicted octanol–water partition coefficient (Wildman–Crippen LogP) is 4.51. The van der Waals surface area contributed by atoms with E-state index in [1.54, 1.807) is 7.11 Å². The summed E-state index contributed by atoms with van der Waals surface area (Å²) < 4.78 is 37.2. The number of amidine groups is 1. The van der Waals surface area contributed by atoms with Gasteiger partial charge < -0.3 is 20.9 Å². The zero-order valence-electron chi connectivity index (χ0n) is 15.2. The minimum atomic E-state index is -5.08. The lowest BCUT2D eigenvalue weighted by molar-refractivity contribution is -0.192. The average molecular weight is 405 g/mol. The second kappa shape index (κ2) is 8.96. The van der Waals surface area contributed by atoms with E-state index >= 15 is 0 Å². The van der Waals surface area contributed by atoms with Gasteiger partial charge >= 0.3 is 12.1 Å². The lowest BCUT2D eigenvalue weighted by Crippen LogP contribution is -2.21. The molecule has 29 heavy (non-hydrogen) atoms. The third-order valence-electron chi connectivity index (χ3n) is 3.80. The highest BCUT2D eigenvalue weighted by molar-refractivity contribution is 6.04. The first kappa shape index (κ1) is 21.5. The molecule has 0 aliphatic rings. The van der Waals surface area contributed by atoms with Gasteiger partial charge in [0.05, 0.1) is 12.8 Å². The van der Waals surface area contributed by atoms with Crippen molar-refractivity contribution < 1.29 is 27.8 Å². The number of carbonyl (C=O) groups is 1. The molecule has 3 aromatic carbocycles. The van der Waals surface area contributed by atoms with E-state index in [4.69, 9.17) is 25.8 Å². The standard InChI is InChI=1S/C18H17N3O.C2HF3O2/c1-22-16-10-9-12-7-8-13(18(19)20)11-15(12)17(16)21-14-5-3-2-4-6-14;3-2(4,5)1(6)7/h2-11,21H,1H3,(H3,19,20);(H,6,7). The van der Waals surface area contributed by atoms with Gasteiger partial charge in [-0.05, 0) is 29.7 Å². The highest BCUT2D eigenvalue weighted by Crippen LogP contribution is 2.35. The number of alkyl halides is 3. The van der Waals surface area contributed by atoms with Crippen molar-refractivity contribution in [3.63, 3.8) is 0 Å². The maximum absolute atomic E-state index is 10.6. The van der Waals surface area contributed by atoms with Crippen LogP contribution in [0.5, 0.6) is 5.75 Å². The number of hydrogen-bond donors (Lipinski definition) is 4. The van der Waals surface area contributed by atoms with Crippen LogP contribution in [0.3, 0.4) is 0 Å². The summed E-state index contributed by atoms with van der Waals surface area (Å²) in [6.45, 7) is 0. The van der Waals surface area contributed by atoms with Gasteiger partial charge in [-0.15, -0.1) is 0 Å². The number of nitrogens with one attached hydrogen (secondary N) is 2. The first-order valence-corrected chi connectivity index (χ1v) is 8.21. The highest BCUT2D eigenvalue weighted by Gasteiger charge is 2.38. The summed E-state index contributed by atoms with van der Waals surface area (Å²) in [5.41, 5.74) is 8.14. The zero-order chi connectivity index (χ0) is 21.6. The number of carboxylic acids is 1. The Morgan fingerprint density at radius 3 is 2.21 bits per heavy atom. The number of methoxy groups -OCH3 is 1. The predicted molar refractivity (Wildman–Crippen MR) is 105 cm³/mol. The molecular formula is C20H18F3N3O3. The third kappa shape index (κ3) is 5.61. The smallest absolute Gasteiger partial charge is 0.490 e. The van der Waals surface area contributed by atoms with Gasteiger partial charge in [0.2, 0.25) is 0 Å². The Bertz CT molecular complexity index is 1020. The molecule has 3 aromatic rings. The molecular weight excluding hydrogens is 387 g/mol. The minimum absolute atomic E-state index is 0.0513. The van der Waals surface area contributed by atoms with Crippen molar-refractivity contribution in [3.05, 3.63) is 66.2 Å². The van der Waals surface area contributed by atoms with Crippen LogP contribution in [0.1, 0.15) is 5.56 Å². The fourth-order valence-corrected chi connectivity index (χ4v) is 2.43. The van der Waals surface area contributed by atoms with Gasteiger partial charge in [0.15, 0.2) is 0 Å². The number of nitrogens with two attached hydrogens (primary N) is 1. The van der Waals surface area contributed by atoms with Gasteiger partial charge in [0.1, 0.15) is 11.6 Å². The lowest BCUT2D eigenvalue weighted by atomic mass is 10.0. The molecule has 0 amide bonds. The zero-order valence-corrected chi connectivity index (χ0v) is 15.2. The summed E-state index contributed by atoms with van der Waals surface area (Å²) >= 11 is 0. The van der Waals surface area contributed by atoms with Crippen LogP contribution in [0.4, 0.5) is 24.5 Å². The van der Waals surface area contributed by atoms with Crippen molar-refractivity contribution >= 4 is 34.0 Å². The van der Waals surface area contributed by atoms with Gasteiger partial charge in [-0.3, -0.25) is 5.41 Å². The molecule has 0 unspecified atom stereocenters. The van der Waals surface area contributed by atoms with Crippen molar-refractivity contribution in [3.8, 4) is 5.75 Å².